The van der Waals surface area contributed by atoms with E-state index in [1.54, 1.807) is 0 Å². The van der Waals surface area contributed by atoms with Crippen molar-refractivity contribution in [2.45, 2.75) is 13.8 Å². The largest absolute Gasteiger partial charge is 0.308 e. The fraction of sp³-hybridized carbons (Fsp3) is 0.0328. The molecule has 0 bridgehead atoms. The summed E-state index contributed by atoms with van der Waals surface area (Å²) in [6, 6.07) is 74.9. The van der Waals surface area contributed by atoms with Crippen LogP contribution in [-0.2, 0) is 0 Å². The highest BCUT2D eigenvalue weighted by Gasteiger charge is 2.24. The van der Waals surface area contributed by atoms with Crippen molar-refractivity contribution in [2.75, 3.05) is 0 Å². The van der Waals surface area contributed by atoms with Crippen molar-refractivity contribution in [3.63, 3.8) is 0 Å². The van der Waals surface area contributed by atoms with Crippen molar-refractivity contribution in [3.8, 4) is 67.5 Å². The Morgan fingerprint density at radius 3 is 1.27 bits per heavy atom. The lowest BCUT2D eigenvalue weighted by molar-refractivity contribution is 1.09. The van der Waals surface area contributed by atoms with Gasteiger partial charge in [0.25, 0.3) is 0 Å². The van der Waals surface area contributed by atoms with E-state index >= 15 is 0 Å². The van der Waals surface area contributed by atoms with E-state index in [9.17, 15) is 0 Å². The third kappa shape index (κ3) is 6.55. The van der Waals surface area contributed by atoms with Gasteiger partial charge in [0.2, 0.25) is 0 Å². The Hall–Kier alpha value is -8.85. The van der Waals surface area contributed by atoms with E-state index in [4.69, 9.17) is 16.5 Å². The second-order valence-electron chi connectivity index (χ2n) is 17.1. The van der Waals surface area contributed by atoms with Crippen LogP contribution in [0.1, 0.15) is 11.1 Å². The van der Waals surface area contributed by atoms with Gasteiger partial charge in [0, 0.05) is 38.2 Å². The highest BCUT2D eigenvalue weighted by molar-refractivity contribution is 6.13. The fourth-order valence-corrected chi connectivity index (χ4v) is 9.75. The number of aryl methyl sites for hydroxylation is 2. The molecule has 66 heavy (non-hydrogen) atoms. The van der Waals surface area contributed by atoms with Crippen LogP contribution in [0.15, 0.2) is 212 Å². The van der Waals surface area contributed by atoms with Crippen LogP contribution in [0.3, 0.4) is 0 Å². The maximum Gasteiger partial charge on any atom is 0.200 e. The van der Waals surface area contributed by atoms with Crippen LogP contribution in [0, 0.1) is 20.4 Å². The summed E-state index contributed by atoms with van der Waals surface area (Å²) in [6.45, 7) is 13.1. The molecule has 0 amide bonds. The molecule has 0 unspecified atom stereocenters. The molecule has 0 atom stereocenters. The Balaban J connectivity index is 1.19. The van der Waals surface area contributed by atoms with Crippen molar-refractivity contribution in [3.05, 3.63) is 235 Å². The minimum absolute atomic E-state index is 0.461. The number of fused-ring (bicyclic) bond motifs is 6. The van der Waals surface area contributed by atoms with Gasteiger partial charge in [0.1, 0.15) is 5.82 Å². The predicted molar refractivity (Wildman–Crippen MR) is 274 cm³/mol. The first-order chi connectivity index (χ1) is 32.5. The van der Waals surface area contributed by atoms with Crippen LogP contribution in [0.4, 0.5) is 5.69 Å². The standard InChI is InChI=1S/C61H41N5/c1-39-16-14-22-43(32-39)45-28-30-57-49(34-45)47-24-10-12-26-55(47)65(57)59-36-51(61-63-52(41-18-6-4-7-19-41)37-53(64-61)42-20-8-5-9-21-42)54(62-3)38-60(59)66-56-27-13-11-25-48(56)50-35-46(29-31-58(50)66)44-23-15-17-40(2)33-44/h4-38H,1-2H3. The number of rotatable bonds is 7. The molecule has 0 saturated heterocycles. The van der Waals surface area contributed by atoms with Crippen LogP contribution in [-0.4, -0.2) is 19.1 Å². The monoisotopic (exact) mass is 843 g/mol. The average Bonchev–Trinajstić information content (AvgIpc) is 3.88. The van der Waals surface area contributed by atoms with E-state index < -0.39 is 0 Å². The smallest absolute Gasteiger partial charge is 0.200 e. The van der Waals surface area contributed by atoms with Crippen LogP contribution in [0.2, 0.25) is 0 Å². The maximum absolute atomic E-state index is 8.84. The Morgan fingerprint density at radius 1 is 0.364 bits per heavy atom. The Labute approximate surface area is 383 Å². The van der Waals surface area contributed by atoms with Gasteiger partial charge >= 0.3 is 0 Å². The number of hydrogen-bond acceptors (Lipinski definition) is 2. The molecular weight excluding hydrogens is 803 g/mol. The molecule has 12 aromatic rings. The van der Waals surface area contributed by atoms with E-state index in [1.807, 2.05) is 42.5 Å². The zero-order valence-electron chi connectivity index (χ0n) is 36.4. The number of benzene rings is 9. The van der Waals surface area contributed by atoms with Gasteiger partial charge in [-0.1, -0.05) is 169 Å². The van der Waals surface area contributed by atoms with E-state index in [2.05, 4.69) is 198 Å². The van der Waals surface area contributed by atoms with Crippen molar-refractivity contribution in [1.82, 2.24) is 19.1 Å². The van der Waals surface area contributed by atoms with Gasteiger partial charge in [-0.05, 0) is 90.7 Å². The molecule has 0 aliphatic carbocycles. The van der Waals surface area contributed by atoms with E-state index in [0.29, 0.717) is 17.1 Å². The SMILES string of the molecule is [C-]#[N+]c1cc(-n2c3ccccc3c3cc(-c4cccc(C)c4)ccc32)c(-n2c3ccccc3c3cc(-c4cccc(C)c4)ccc32)cc1-c1nc(-c2ccccc2)cc(-c2ccccc2)n1. The first-order valence-electron chi connectivity index (χ1n) is 22.3. The molecule has 310 valence electrons. The molecular formula is C61H41N5. The summed E-state index contributed by atoms with van der Waals surface area (Å²) in [4.78, 5) is 14.8. The quantitative estimate of drug-likeness (QED) is 0.150. The molecule has 9 aromatic carbocycles. The maximum atomic E-state index is 8.84. The van der Waals surface area contributed by atoms with Gasteiger partial charge < -0.3 is 9.13 Å². The van der Waals surface area contributed by atoms with Gasteiger partial charge in [0.05, 0.1) is 51.4 Å². The van der Waals surface area contributed by atoms with Crippen molar-refractivity contribution in [2.24, 2.45) is 0 Å². The molecule has 0 spiro atoms. The van der Waals surface area contributed by atoms with Gasteiger partial charge in [-0.2, -0.15) is 0 Å². The zero-order valence-corrected chi connectivity index (χ0v) is 36.4. The summed E-state index contributed by atoms with van der Waals surface area (Å²) in [5.74, 6) is 0.488. The Kier molecular flexibility index (Phi) is 9.25. The molecule has 0 N–H and O–H groups in total. The topological polar surface area (TPSA) is 40.0 Å². The second-order valence-corrected chi connectivity index (χ2v) is 17.1. The first kappa shape index (κ1) is 38.8. The number of aromatic nitrogens is 4. The molecule has 5 nitrogen and oxygen atoms in total. The molecule has 0 aliphatic rings. The molecule has 3 heterocycles. The van der Waals surface area contributed by atoms with E-state index in [0.717, 1.165) is 88.6 Å². The normalized spacial score (nSPS) is 11.5. The third-order valence-corrected chi connectivity index (χ3v) is 12.8. The highest BCUT2D eigenvalue weighted by Crippen LogP contribution is 2.44. The van der Waals surface area contributed by atoms with Crippen LogP contribution >= 0.6 is 0 Å². The Morgan fingerprint density at radius 2 is 0.788 bits per heavy atom. The third-order valence-electron chi connectivity index (χ3n) is 12.8. The van der Waals surface area contributed by atoms with Crippen LogP contribution in [0.25, 0.3) is 116 Å². The summed E-state index contributed by atoms with van der Waals surface area (Å²) in [5.41, 5.74) is 17.8. The van der Waals surface area contributed by atoms with Crippen molar-refractivity contribution < 1.29 is 0 Å². The minimum atomic E-state index is 0.461. The molecule has 12 rings (SSSR count). The first-order valence-corrected chi connectivity index (χ1v) is 22.3. The lowest BCUT2D eigenvalue weighted by atomic mass is 10.0. The lowest BCUT2D eigenvalue weighted by Gasteiger charge is -2.20. The minimum Gasteiger partial charge on any atom is -0.308 e. The van der Waals surface area contributed by atoms with Crippen molar-refractivity contribution >= 4 is 49.3 Å². The molecule has 3 aromatic heterocycles. The number of para-hydroxylation sites is 2. The lowest BCUT2D eigenvalue weighted by Crippen LogP contribution is -2.05. The van der Waals surface area contributed by atoms with Gasteiger partial charge in [-0.15, -0.1) is 0 Å². The van der Waals surface area contributed by atoms with Crippen LogP contribution in [0.5, 0.6) is 0 Å². The molecule has 0 fully saturated rings. The molecule has 0 saturated carbocycles. The highest BCUT2D eigenvalue weighted by atomic mass is 15.1. The summed E-state index contributed by atoms with van der Waals surface area (Å²) in [6.07, 6.45) is 0. The van der Waals surface area contributed by atoms with Crippen LogP contribution < -0.4 is 0 Å². The van der Waals surface area contributed by atoms with Crippen molar-refractivity contribution in [1.29, 1.82) is 0 Å². The zero-order chi connectivity index (χ0) is 44.3. The second kappa shape index (κ2) is 15.7. The Bertz CT molecular complexity index is 3850. The predicted octanol–water partition coefficient (Wildman–Crippen LogP) is 16.2. The number of hydrogen-bond donors (Lipinski definition) is 0. The summed E-state index contributed by atoms with van der Waals surface area (Å²) in [5, 5.41) is 4.56. The molecule has 5 heteroatoms. The number of nitrogens with zero attached hydrogens (tertiary/aromatic N) is 5. The fourth-order valence-electron chi connectivity index (χ4n) is 9.75. The van der Waals surface area contributed by atoms with E-state index in [-0.39, 0.29) is 0 Å². The average molecular weight is 844 g/mol. The summed E-state index contributed by atoms with van der Waals surface area (Å²) < 4.78 is 4.72. The molecule has 0 aliphatic heterocycles. The summed E-state index contributed by atoms with van der Waals surface area (Å²) in [7, 11) is 0. The molecule has 0 radical (unpaired) electrons. The summed E-state index contributed by atoms with van der Waals surface area (Å²) >= 11 is 0. The van der Waals surface area contributed by atoms with Gasteiger partial charge in [-0.25, -0.2) is 14.8 Å². The van der Waals surface area contributed by atoms with Gasteiger partial charge in [0.15, 0.2) is 5.69 Å². The van der Waals surface area contributed by atoms with Gasteiger partial charge in [-0.3, -0.25) is 0 Å². The van der Waals surface area contributed by atoms with E-state index in [1.165, 1.54) is 22.3 Å².